The van der Waals surface area contributed by atoms with E-state index in [2.05, 4.69) is 62.4 Å². The van der Waals surface area contributed by atoms with Crippen molar-refractivity contribution in [1.82, 2.24) is 15.1 Å². The zero-order valence-corrected chi connectivity index (χ0v) is 18.4. The molecule has 0 bridgehead atoms. The maximum absolute atomic E-state index is 8.98. The fourth-order valence-electron chi connectivity index (χ4n) is 3.65. The van der Waals surface area contributed by atoms with Crippen LogP contribution in [0.2, 0.25) is 0 Å². The van der Waals surface area contributed by atoms with Gasteiger partial charge in [0.05, 0.1) is 18.2 Å². The molecule has 2 aliphatic heterocycles. The summed E-state index contributed by atoms with van der Waals surface area (Å²) in [4.78, 5) is 13.7. The molecule has 6 nitrogen and oxygen atoms in total. The highest BCUT2D eigenvalue weighted by Crippen LogP contribution is 2.17. The molecule has 2 aromatic carbocycles. The van der Waals surface area contributed by atoms with Crippen molar-refractivity contribution in [3.8, 4) is 6.07 Å². The second kappa shape index (κ2) is 10.6. The van der Waals surface area contributed by atoms with Crippen molar-refractivity contribution in [3.63, 3.8) is 0 Å². The van der Waals surface area contributed by atoms with Crippen molar-refractivity contribution in [1.29, 1.82) is 5.26 Å². The Morgan fingerprint density at radius 1 is 1.12 bits per heavy atom. The van der Waals surface area contributed by atoms with Crippen molar-refractivity contribution in [2.24, 2.45) is 9.98 Å². The molecular formula is C26H28N6. The van der Waals surface area contributed by atoms with Gasteiger partial charge in [-0.2, -0.15) is 5.26 Å². The first kappa shape index (κ1) is 21.5. The molecule has 0 atom stereocenters. The minimum Gasteiger partial charge on any atom is -0.371 e. The molecule has 2 saturated heterocycles. The molecule has 2 heterocycles. The van der Waals surface area contributed by atoms with E-state index in [1.54, 1.807) is 6.07 Å². The Labute approximate surface area is 189 Å². The van der Waals surface area contributed by atoms with E-state index in [4.69, 9.17) is 5.26 Å². The van der Waals surface area contributed by atoms with E-state index in [-0.39, 0.29) is 0 Å². The maximum atomic E-state index is 8.98. The van der Waals surface area contributed by atoms with Crippen LogP contribution >= 0.6 is 0 Å². The van der Waals surface area contributed by atoms with Gasteiger partial charge in [-0.05, 0) is 47.9 Å². The third-order valence-electron chi connectivity index (χ3n) is 5.53. The Kier molecular flexibility index (Phi) is 7.11. The predicted molar refractivity (Wildman–Crippen MR) is 130 cm³/mol. The highest BCUT2D eigenvalue weighted by atomic mass is 15.3. The van der Waals surface area contributed by atoms with Crippen LogP contribution in [0.1, 0.15) is 29.2 Å². The lowest BCUT2D eigenvalue weighted by Gasteiger charge is -2.29. The van der Waals surface area contributed by atoms with Gasteiger partial charge in [0.1, 0.15) is 5.84 Å². The number of nitrogens with zero attached hydrogens (tertiary/aromatic N) is 5. The number of hydrogen-bond donors (Lipinski definition) is 1. The number of hydrogen-bond acceptors (Lipinski definition) is 5. The van der Waals surface area contributed by atoms with Crippen LogP contribution in [0.3, 0.4) is 0 Å². The highest BCUT2D eigenvalue weighted by molar-refractivity contribution is 5.98. The molecule has 0 saturated carbocycles. The first-order valence-electron chi connectivity index (χ1n) is 10.9. The lowest BCUT2D eigenvalue weighted by Crippen LogP contribution is -2.42. The third-order valence-corrected chi connectivity index (χ3v) is 5.53. The predicted octanol–water partition coefficient (Wildman–Crippen LogP) is 3.63. The smallest absolute Gasteiger partial charge is 0.124 e. The molecule has 2 aliphatic rings. The van der Waals surface area contributed by atoms with Gasteiger partial charge >= 0.3 is 0 Å². The molecule has 0 aromatic heterocycles. The molecule has 32 heavy (non-hydrogen) atoms. The van der Waals surface area contributed by atoms with Crippen LogP contribution in [0, 0.1) is 11.3 Å². The summed E-state index contributed by atoms with van der Waals surface area (Å²) in [7, 11) is 0. The lowest BCUT2D eigenvalue weighted by molar-refractivity contribution is 0.299. The van der Waals surface area contributed by atoms with Crippen molar-refractivity contribution in [2.75, 3.05) is 32.7 Å². The molecule has 4 rings (SSSR count). The number of benzene rings is 2. The van der Waals surface area contributed by atoms with E-state index in [1.807, 2.05) is 42.9 Å². The van der Waals surface area contributed by atoms with Crippen molar-refractivity contribution in [3.05, 3.63) is 88.9 Å². The van der Waals surface area contributed by atoms with Crippen LogP contribution < -0.4 is 5.32 Å². The molecule has 1 N–H and O–H groups in total. The number of aliphatic imine (C=N–C) groups is 2. The third kappa shape index (κ3) is 6.16. The van der Waals surface area contributed by atoms with E-state index < -0.39 is 0 Å². The summed E-state index contributed by atoms with van der Waals surface area (Å²) >= 11 is 0. The number of amidine groups is 1. The Hall–Kier alpha value is -3.69. The molecule has 0 spiro atoms. The number of nitrogens with one attached hydrogen (secondary N) is 1. The fourth-order valence-corrected chi connectivity index (χ4v) is 3.65. The zero-order chi connectivity index (χ0) is 22.2. The molecule has 162 valence electrons. The Balaban J connectivity index is 1.30. The Bertz CT molecular complexity index is 1100. The van der Waals surface area contributed by atoms with Crippen molar-refractivity contribution in [2.45, 2.75) is 13.5 Å². The monoisotopic (exact) mass is 424 g/mol. The molecular weight excluding hydrogens is 396 g/mol. The molecule has 0 aliphatic carbocycles. The Morgan fingerprint density at radius 3 is 2.78 bits per heavy atom. The first-order valence-corrected chi connectivity index (χ1v) is 10.9. The Morgan fingerprint density at radius 2 is 1.94 bits per heavy atom. The summed E-state index contributed by atoms with van der Waals surface area (Å²) in [5.74, 6) is 1.08. The number of rotatable bonds is 7. The molecule has 2 fully saturated rings. The quantitative estimate of drug-likeness (QED) is 0.545. The SMILES string of the molecule is C/C(=C\N=Cc1cccc(CN2CC2=N/C=C/c2cccc(C#N)c2)c1)N1CCNCC1. The van der Waals surface area contributed by atoms with E-state index in [9.17, 15) is 0 Å². The van der Waals surface area contributed by atoms with Crippen LogP contribution in [0.15, 0.2) is 76.6 Å². The van der Waals surface area contributed by atoms with Crippen LogP contribution in [-0.4, -0.2) is 54.6 Å². The lowest BCUT2D eigenvalue weighted by atomic mass is 10.1. The summed E-state index contributed by atoms with van der Waals surface area (Å²) in [6, 6.07) is 18.1. The van der Waals surface area contributed by atoms with Crippen LogP contribution in [0.4, 0.5) is 0 Å². The number of nitriles is 1. The van der Waals surface area contributed by atoms with Gasteiger partial charge in [0.15, 0.2) is 0 Å². The summed E-state index contributed by atoms with van der Waals surface area (Å²) < 4.78 is 0. The second-order valence-electron chi connectivity index (χ2n) is 7.99. The molecule has 0 unspecified atom stereocenters. The molecule has 0 radical (unpaired) electrons. The van der Waals surface area contributed by atoms with Crippen molar-refractivity contribution < 1.29 is 0 Å². The summed E-state index contributed by atoms with van der Waals surface area (Å²) in [5, 5.41) is 12.4. The average Bonchev–Trinajstić information content (AvgIpc) is 3.57. The van der Waals surface area contributed by atoms with Gasteiger partial charge in [-0.25, -0.2) is 4.99 Å². The van der Waals surface area contributed by atoms with Crippen LogP contribution in [-0.2, 0) is 6.54 Å². The summed E-state index contributed by atoms with van der Waals surface area (Å²) in [5.41, 5.74) is 5.19. The molecule has 2 aromatic rings. The van der Waals surface area contributed by atoms with Gasteiger partial charge in [-0.3, -0.25) is 4.99 Å². The number of allylic oxidation sites excluding steroid dienone is 1. The van der Waals surface area contributed by atoms with Crippen LogP contribution in [0.25, 0.3) is 6.08 Å². The topological polar surface area (TPSA) is 66.8 Å². The minimum absolute atomic E-state index is 0.658. The standard InChI is InChI=1S/C26H28N6/c1-21(31-12-10-28-11-13-31)17-29-18-24-6-3-7-25(15-24)19-32-20-26(32)30-9-8-22-4-2-5-23(14-22)16-27/h2-9,14-15,17-18,28H,10-13,19-20H2,1H3/b9-8+,21-17+,29-18?,30-26?. The average molecular weight is 425 g/mol. The maximum Gasteiger partial charge on any atom is 0.124 e. The fraction of sp³-hybridized carbons (Fsp3) is 0.269. The first-order chi connectivity index (χ1) is 15.7. The summed E-state index contributed by atoms with van der Waals surface area (Å²) in [6.45, 7) is 7.98. The zero-order valence-electron chi connectivity index (χ0n) is 18.4. The van der Waals surface area contributed by atoms with Gasteiger partial charge in [0, 0.05) is 57.0 Å². The van der Waals surface area contributed by atoms with Crippen molar-refractivity contribution >= 4 is 18.1 Å². The highest BCUT2D eigenvalue weighted by Gasteiger charge is 2.26. The summed E-state index contributed by atoms with van der Waals surface area (Å²) in [6.07, 6.45) is 7.61. The molecule has 0 amide bonds. The van der Waals surface area contributed by atoms with E-state index in [0.717, 1.165) is 56.2 Å². The normalized spacial score (nSPS) is 18.0. The van der Waals surface area contributed by atoms with Crippen LogP contribution in [0.5, 0.6) is 0 Å². The van der Waals surface area contributed by atoms with Gasteiger partial charge in [-0.1, -0.05) is 30.3 Å². The molecule has 6 heteroatoms. The van der Waals surface area contributed by atoms with E-state index in [1.165, 1.54) is 11.3 Å². The second-order valence-corrected chi connectivity index (χ2v) is 7.99. The van der Waals surface area contributed by atoms with Gasteiger partial charge in [-0.15, -0.1) is 0 Å². The van der Waals surface area contributed by atoms with E-state index in [0.29, 0.717) is 5.56 Å². The number of piperazine rings is 1. The minimum atomic E-state index is 0.658. The van der Waals surface area contributed by atoms with Gasteiger partial charge in [0.2, 0.25) is 0 Å². The van der Waals surface area contributed by atoms with E-state index >= 15 is 0 Å². The largest absolute Gasteiger partial charge is 0.371 e. The van der Waals surface area contributed by atoms with Gasteiger partial charge < -0.3 is 15.1 Å². The van der Waals surface area contributed by atoms with Gasteiger partial charge in [0.25, 0.3) is 0 Å².